The molecule has 1 aliphatic heterocycles. The lowest BCUT2D eigenvalue weighted by molar-refractivity contribution is -0.136. The van der Waals surface area contributed by atoms with Crippen molar-refractivity contribution in [2.24, 2.45) is 0 Å². The van der Waals surface area contributed by atoms with Gasteiger partial charge in [-0.2, -0.15) is 0 Å². The smallest absolute Gasteiger partial charge is 0.261 e. The van der Waals surface area contributed by atoms with Crippen molar-refractivity contribution >= 4 is 18.3 Å². The highest BCUT2D eigenvalue weighted by atomic mass is 35.5. The average molecular weight is 412 g/mol. The number of nitrogens with one attached hydrogen (secondary N) is 1. The number of carbonyl (C=O) groups excluding carboxylic acids is 1. The number of aromatic nitrogens is 1. The number of amides is 1. The fraction of sp³-hybridized carbons (Fsp3) is 0.400. The highest BCUT2D eigenvalue weighted by Crippen LogP contribution is 2.20. The van der Waals surface area contributed by atoms with Crippen LogP contribution in [0.3, 0.4) is 0 Å². The lowest BCUT2D eigenvalue weighted by Crippen LogP contribution is -2.43. The number of rotatable bonds is 6. The molecule has 8 heteroatoms. The van der Waals surface area contributed by atoms with Crippen LogP contribution in [0, 0.1) is 11.6 Å². The Balaban J connectivity index is 0.00000280. The van der Waals surface area contributed by atoms with Gasteiger partial charge in [-0.15, -0.1) is 12.4 Å². The third-order valence-corrected chi connectivity index (χ3v) is 4.61. The SMILES string of the molecule is Cl.O=C(COc1ccc(F)cc1F)N(Cc1ccccn1)C1CCCNCC1. The molecule has 5 nitrogen and oxygen atoms in total. The monoisotopic (exact) mass is 411 g/mol. The second kappa shape index (κ2) is 10.9. The minimum Gasteiger partial charge on any atom is -0.481 e. The molecule has 0 spiro atoms. The van der Waals surface area contributed by atoms with Crippen LogP contribution in [-0.2, 0) is 11.3 Å². The van der Waals surface area contributed by atoms with Crippen molar-refractivity contribution in [3.8, 4) is 5.75 Å². The van der Waals surface area contributed by atoms with E-state index in [4.69, 9.17) is 4.74 Å². The van der Waals surface area contributed by atoms with Gasteiger partial charge >= 0.3 is 0 Å². The van der Waals surface area contributed by atoms with Crippen LogP contribution in [0.2, 0.25) is 0 Å². The number of pyridine rings is 1. The predicted octanol–water partition coefficient (Wildman–Crippen LogP) is 3.33. The summed E-state index contributed by atoms with van der Waals surface area (Å²) in [6.07, 6.45) is 4.39. The first kappa shape index (κ1) is 22.0. The van der Waals surface area contributed by atoms with Gasteiger partial charge in [0.25, 0.3) is 5.91 Å². The first-order chi connectivity index (χ1) is 13.1. The zero-order valence-corrected chi connectivity index (χ0v) is 16.3. The van der Waals surface area contributed by atoms with E-state index in [1.54, 1.807) is 11.1 Å². The molecule has 1 fully saturated rings. The Bertz CT molecular complexity index is 756. The summed E-state index contributed by atoms with van der Waals surface area (Å²) in [5, 5.41) is 3.34. The average Bonchev–Trinajstić information content (AvgIpc) is 2.95. The summed E-state index contributed by atoms with van der Waals surface area (Å²) in [6, 6.07) is 8.67. The van der Waals surface area contributed by atoms with Crippen molar-refractivity contribution < 1.29 is 18.3 Å². The fourth-order valence-electron chi connectivity index (χ4n) is 3.21. The molecule has 1 N–H and O–H groups in total. The van der Waals surface area contributed by atoms with Crippen molar-refractivity contribution in [1.29, 1.82) is 0 Å². The third kappa shape index (κ3) is 6.14. The Morgan fingerprint density at radius 3 is 2.82 bits per heavy atom. The zero-order chi connectivity index (χ0) is 19.1. The molecule has 1 aromatic carbocycles. The minimum absolute atomic E-state index is 0. The van der Waals surface area contributed by atoms with E-state index in [1.807, 2.05) is 18.2 Å². The molecule has 1 aliphatic rings. The maximum Gasteiger partial charge on any atom is 0.261 e. The summed E-state index contributed by atoms with van der Waals surface area (Å²) in [6.45, 7) is 1.84. The van der Waals surface area contributed by atoms with Crippen LogP contribution in [-0.4, -0.2) is 41.5 Å². The van der Waals surface area contributed by atoms with Crippen LogP contribution in [0.1, 0.15) is 25.0 Å². The van der Waals surface area contributed by atoms with Crippen molar-refractivity contribution in [2.75, 3.05) is 19.7 Å². The van der Waals surface area contributed by atoms with E-state index in [1.165, 1.54) is 6.07 Å². The van der Waals surface area contributed by atoms with E-state index >= 15 is 0 Å². The van der Waals surface area contributed by atoms with Gasteiger partial charge in [0.05, 0.1) is 12.2 Å². The largest absolute Gasteiger partial charge is 0.481 e. The maximum atomic E-state index is 13.7. The molecule has 152 valence electrons. The van der Waals surface area contributed by atoms with E-state index in [0.29, 0.717) is 6.54 Å². The third-order valence-electron chi connectivity index (χ3n) is 4.61. The molecule has 0 saturated carbocycles. The summed E-state index contributed by atoms with van der Waals surface area (Å²) in [4.78, 5) is 18.9. The lowest BCUT2D eigenvalue weighted by atomic mass is 10.1. The molecule has 2 aromatic rings. The molecule has 1 unspecified atom stereocenters. The highest BCUT2D eigenvalue weighted by Gasteiger charge is 2.25. The van der Waals surface area contributed by atoms with Gasteiger partial charge in [0.1, 0.15) is 5.82 Å². The Labute approximate surface area is 169 Å². The first-order valence-corrected chi connectivity index (χ1v) is 9.11. The molecule has 1 atom stereocenters. The van der Waals surface area contributed by atoms with Crippen molar-refractivity contribution in [3.05, 3.63) is 59.9 Å². The molecule has 0 radical (unpaired) electrons. The maximum absolute atomic E-state index is 13.7. The molecule has 1 aromatic heterocycles. The van der Waals surface area contributed by atoms with Crippen LogP contribution < -0.4 is 10.1 Å². The molecular weight excluding hydrogens is 388 g/mol. The van der Waals surface area contributed by atoms with Gasteiger partial charge in [-0.25, -0.2) is 8.78 Å². The van der Waals surface area contributed by atoms with Gasteiger partial charge < -0.3 is 15.0 Å². The van der Waals surface area contributed by atoms with Crippen LogP contribution in [0.5, 0.6) is 5.75 Å². The summed E-state index contributed by atoms with van der Waals surface area (Å²) >= 11 is 0. The predicted molar refractivity (Wildman–Crippen MR) is 104 cm³/mol. The minimum atomic E-state index is -0.822. The first-order valence-electron chi connectivity index (χ1n) is 9.11. The standard InChI is InChI=1S/C20H23F2N3O2.ClH/c21-15-6-7-19(18(22)12-15)27-14-20(26)25(13-16-4-1-2-10-24-16)17-5-3-9-23-11-8-17;/h1-2,4,6-7,10,12,17,23H,3,5,8-9,11,13-14H2;1H. The number of benzene rings is 1. The van der Waals surface area contributed by atoms with E-state index in [9.17, 15) is 13.6 Å². The molecular formula is C20H24ClF2N3O2. The van der Waals surface area contributed by atoms with E-state index in [-0.39, 0.29) is 36.7 Å². The van der Waals surface area contributed by atoms with Gasteiger partial charge in [-0.1, -0.05) is 6.07 Å². The van der Waals surface area contributed by atoms with Gasteiger partial charge in [0, 0.05) is 18.3 Å². The Morgan fingerprint density at radius 2 is 2.07 bits per heavy atom. The number of carbonyl (C=O) groups is 1. The molecule has 1 saturated heterocycles. The number of nitrogens with zero attached hydrogens (tertiary/aromatic N) is 2. The van der Waals surface area contributed by atoms with Gasteiger partial charge in [0.15, 0.2) is 18.2 Å². The number of hydrogen-bond acceptors (Lipinski definition) is 4. The second-order valence-corrected chi connectivity index (χ2v) is 6.54. The van der Waals surface area contributed by atoms with E-state index in [0.717, 1.165) is 50.2 Å². The van der Waals surface area contributed by atoms with Crippen LogP contribution in [0.4, 0.5) is 8.78 Å². The van der Waals surface area contributed by atoms with Crippen LogP contribution in [0.25, 0.3) is 0 Å². The summed E-state index contributed by atoms with van der Waals surface area (Å²) < 4.78 is 32.1. The molecule has 3 rings (SSSR count). The number of ether oxygens (including phenoxy) is 1. The van der Waals surface area contributed by atoms with Gasteiger partial charge in [0.2, 0.25) is 0 Å². The Morgan fingerprint density at radius 1 is 1.21 bits per heavy atom. The Kier molecular flexibility index (Phi) is 8.60. The second-order valence-electron chi connectivity index (χ2n) is 6.54. The normalized spacial score (nSPS) is 16.6. The lowest BCUT2D eigenvalue weighted by Gasteiger charge is -2.31. The molecule has 28 heavy (non-hydrogen) atoms. The molecule has 1 amide bonds. The van der Waals surface area contributed by atoms with Crippen LogP contribution in [0.15, 0.2) is 42.6 Å². The van der Waals surface area contributed by atoms with Gasteiger partial charge in [-0.05, 0) is 56.6 Å². The summed E-state index contributed by atoms with van der Waals surface area (Å²) in [7, 11) is 0. The van der Waals surface area contributed by atoms with E-state index in [2.05, 4.69) is 10.3 Å². The molecule has 0 aliphatic carbocycles. The van der Waals surface area contributed by atoms with E-state index < -0.39 is 11.6 Å². The highest BCUT2D eigenvalue weighted by molar-refractivity contribution is 5.85. The van der Waals surface area contributed by atoms with Crippen molar-refractivity contribution in [1.82, 2.24) is 15.2 Å². The fourth-order valence-corrected chi connectivity index (χ4v) is 3.21. The van der Waals surface area contributed by atoms with Crippen LogP contribution >= 0.6 is 12.4 Å². The van der Waals surface area contributed by atoms with Crippen molar-refractivity contribution in [3.63, 3.8) is 0 Å². The van der Waals surface area contributed by atoms with Gasteiger partial charge in [-0.3, -0.25) is 9.78 Å². The van der Waals surface area contributed by atoms with Crippen molar-refractivity contribution in [2.45, 2.75) is 31.8 Å². The molecule has 2 heterocycles. The number of hydrogen-bond donors (Lipinski definition) is 1. The summed E-state index contributed by atoms with van der Waals surface area (Å²) in [5.41, 5.74) is 0.788. The Hall–Kier alpha value is -2.25. The topological polar surface area (TPSA) is 54.5 Å². The quantitative estimate of drug-likeness (QED) is 0.792. The number of halogens is 3. The molecule has 0 bridgehead atoms. The summed E-state index contributed by atoms with van der Waals surface area (Å²) in [5.74, 6) is -1.88. The zero-order valence-electron chi connectivity index (χ0n) is 15.4.